The standard InChI is InChI=1S/C22H19FN2O3/c1-14-8-9-17(23)12-18(14)24-21(26)19-11-15-5-2-3-6-16(15)13-25(19)22(27)20-7-4-10-28-20/h2-10,12,19H,11,13H2,1H3,(H,24,26). The van der Waals surface area contributed by atoms with Gasteiger partial charge < -0.3 is 14.6 Å². The molecule has 0 fully saturated rings. The van der Waals surface area contributed by atoms with Gasteiger partial charge in [-0.1, -0.05) is 30.3 Å². The molecule has 0 saturated carbocycles. The Morgan fingerprint density at radius 1 is 1.11 bits per heavy atom. The average molecular weight is 378 g/mol. The number of halogens is 1. The van der Waals surface area contributed by atoms with Gasteiger partial charge in [-0.15, -0.1) is 0 Å². The van der Waals surface area contributed by atoms with E-state index >= 15 is 0 Å². The Labute approximate surface area is 161 Å². The number of rotatable bonds is 3. The molecule has 1 N–H and O–H groups in total. The molecular formula is C22H19FN2O3. The van der Waals surface area contributed by atoms with Crippen molar-refractivity contribution in [2.24, 2.45) is 0 Å². The van der Waals surface area contributed by atoms with Gasteiger partial charge in [0.2, 0.25) is 5.91 Å². The lowest BCUT2D eigenvalue weighted by Gasteiger charge is -2.35. The number of aryl methyl sites for hydroxylation is 1. The van der Waals surface area contributed by atoms with Crippen LogP contribution in [-0.4, -0.2) is 22.8 Å². The first-order valence-corrected chi connectivity index (χ1v) is 9.01. The summed E-state index contributed by atoms with van der Waals surface area (Å²) in [6.45, 7) is 2.09. The number of hydrogen-bond donors (Lipinski definition) is 1. The average Bonchev–Trinajstić information content (AvgIpc) is 3.24. The van der Waals surface area contributed by atoms with Crippen LogP contribution in [0.1, 0.15) is 27.2 Å². The molecular weight excluding hydrogens is 359 g/mol. The number of carbonyl (C=O) groups excluding carboxylic acids is 2. The van der Waals surface area contributed by atoms with Crippen molar-refractivity contribution in [2.45, 2.75) is 25.9 Å². The molecule has 1 aliphatic rings. The summed E-state index contributed by atoms with van der Waals surface area (Å²) in [5, 5.41) is 2.78. The lowest BCUT2D eigenvalue weighted by atomic mass is 9.93. The number of carbonyl (C=O) groups is 2. The number of nitrogens with one attached hydrogen (secondary N) is 1. The molecule has 0 bridgehead atoms. The molecule has 3 aromatic rings. The predicted molar refractivity (Wildman–Crippen MR) is 102 cm³/mol. The zero-order chi connectivity index (χ0) is 19.7. The maximum Gasteiger partial charge on any atom is 0.290 e. The van der Waals surface area contributed by atoms with Crippen LogP contribution in [-0.2, 0) is 17.8 Å². The third-order valence-electron chi connectivity index (χ3n) is 5.00. The van der Waals surface area contributed by atoms with Gasteiger partial charge in [-0.05, 0) is 47.9 Å². The summed E-state index contributed by atoms with van der Waals surface area (Å²) in [4.78, 5) is 27.5. The molecule has 1 aromatic heterocycles. The number of amides is 2. The maximum atomic E-state index is 13.6. The Balaban J connectivity index is 1.66. The summed E-state index contributed by atoms with van der Waals surface area (Å²) in [6.07, 6.45) is 1.80. The van der Waals surface area contributed by atoms with E-state index in [1.165, 1.54) is 23.3 Å². The second-order valence-electron chi connectivity index (χ2n) is 6.85. The minimum absolute atomic E-state index is 0.180. The van der Waals surface area contributed by atoms with Gasteiger partial charge >= 0.3 is 0 Å². The van der Waals surface area contributed by atoms with Gasteiger partial charge in [0, 0.05) is 18.7 Å². The van der Waals surface area contributed by atoms with Gasteiger partial charge in [0.1, 0.15) is 11.9 Å². The van der Waals surface area contributed by atoms with Gasteiger partial charge in [-0.3, -0.25) is 9.59 Å². The van der Waals surface area contributed by atoms with Crippen LogP contribution in [0.5, 0.6) is 0 Å². The van der Waals surface area contributed by atoms with Crippen molar-refractivity contribution in [1.82, 2.24) is 4.90 Å². The van der Waals surface area contributed by atoms with E-state index in [2.05, 4.69) is 5.32 Å². The minimum atomic E-state index is -0.727. The Morgan fingerprint density at radius 3 is 2.64 bits per heavy atom. The molecule has 4 rings (SSSR count). The zero-order valence-corrected chi connectivity index (χ0v) is 15.3. The summed E-state index contributed by atoms with van der Waals surface area (Å²) >= 11 is 0. The van der Waals surface area contributed by atoms with Crippen molar-refractivity contribution < 1.29 is 18.4 Å². The number of anilines is 1. The van der Waals surface area contributed by atoms with Crippen LogP contribution in [0.4, 0.5) is 10.1 Å². The third kappa shape index (κ3) is 3.41. The highest BCUT2D eigenvalue weighted by molar-refractivity contribution is 6.01. The Bertz CT molecular complexity index is 1030. The molecule has 1 atom stereocenters. The first kappa shape index (κ1) is 18.0. The van der Waals surface area contributed by atoms with Crippen molar-refractivity contribution in [1.29, 1.82) is 0 Å². The van der Waals surface area contributed by atoms with Gasteiger partial charge in [0.25, 0.3) is 5.91 Å². The topological polar surface area (TPSA) is 62.6 Å². The maximum absolute atomic E-state index is 13.6. The SMILES string of the molecule is Cc1ccc(F)cc1NC(=O)C1Cc2ccccc2CN1C(=O)c1ccco1. The van der Waals surface area contributed by atoms with Gasteiger partial charge in [0.15, 0.2) is 5.76 Å². The van der Waals surface area contributed by atoms with E-state index in [9.17, 15) is 14.0 Å². The van der Waals surface area contributed by atoms with Crippen LogP contribution in [0.2, 0.25) is 0 Å². The van der Waals surface area contributed by atoms with E-state index < -0.39 is 11.9 Å². The van der Waals surface area contributed by atoms with Gasteiger partial charge in [-0.2, -0.15) is 0 Å². The van der Waals surface area contributed by atoms with Crippen molar-refractivity contribution in [3.05, 3.63) is 89.1 Å². The number of hydrogen-bond acceptors (Lipinski definition) is 3. The Kier molecular flexibility index (Phi) is 4.69. The fraction of sp³-hybridized carbons (Fsp3) is 0.182. The summed E-state index contributed by atoms with van der Waals surface area (Å²) in [6, 6.07) is 14.4. The smallest absolute Gasteiger partial charge is 0.290 e. The van der Waals surface area contributed by atoms with E-state index in [4.69, 9.17) is 4.42 Å². The normalized spacial score (nSPS) is 15.8. The molecule has 28 heavy (non-hydrogen) atoms. The molecule has 2 aromatic carbocycles. The van der Waals surface area contributed by atoms with Crippen molar-refractivity contribution in [2.75, 3.05) is 5.32 Å². The summed E-state index contributed by atoms with van der Waals surface area (Å²) < 4.78 is 18.8. The highest BCUT2D eigenvalue weighted by atomic mass is 19.1. The molecule has 0 spiro atoms. The predicted octanol–water partition coefficient (Wildman–Crippen LogP) is 3.93. The molecule has 1 aliphatic heterocycles. The second-order valence-corrected chi connectivity index (χ2v) is 6.85. The molecule has 142 valence electrons. The molecule has 2 heterocycles. The minimum Gasteiger partial charge on any atom is -0.459 e. The number of benzene rings is 2. The highest BCUT2D eigenvalue weighted by Crippen LogP contribution is 2.26. The third-order valence-corrected chi connectivity index (χ3v) is 5.00. The van der Waals surface area contributed by atoms with E-state index in [1.54, 1.807) is 25.1 Å². The van der Waals surface area contributed by atoms with Crippen LogP contribution in [0, 0.1) is 12.7 Å². The van der Waals surface area contributed by atoms with Crippen LogP contribution < -0.4 is 5.32 Å². The monoisotopic (exact) mass is 378 g/mol. The molecule has 5 nitrogen and oxygen atoms in total. The fourth-order valence-electron chi connectivity index (χ4n) is 3.46. The summed E-state index contributed by atoms with van der Waals surface area (Å²) in [5.74, 6) is -0.962. The van der Waals surface area contributed by atoms with E-state index in [1.807, 2.05) is 24.3 Å². The first-order chi connectivity index (χ1) is 13.5. The van der Waals surface area contributed by atoms with Crippen molar-refractivity contribution >= 4 is 17.5 Å². The Morgan fingerprint density at radius 2 is 1.89 bits per heavy atom. The van der Waals surface area contributed by atoms with Crippen molar-refractivity contribution in [3.8, 4) is 0 Å². The number of nitrogens with zero attached hydrogens (tertiary/aromatic N) is 1. The molecule has 0 radical (unpaired) electrons. The molecule has 2 amide bonds. The largest absolute Gasteiger partial charge is 0.459 e. The lowest BCUT2D eigenvalue weighted by Crippen LogP contribution is -2.50. The first-order valence-electron chi connectivity index (χ1n) is 9.01. The quantitative estimate of drug-likeness (QED) is 0.751. The Hall–Kier alpha value is -3.41. The van der Waals surface area contributed by atoms with E-state index in [0.29, 0.717) is 18.7 Å². The van der Waals surface area contributed by atoms with Gasteiger partial charge in [0.05, 0.1) is 6.26 Å². The van der Waals surface area contributed by atoms with E-state index in [0.717, 1.165) is 16.7 Å². The molecule has 6 heteroatoms. The summed E-state index contributed by atoms with van der Waals surface area (Å²) in [7, 11) is 0. The van der Waals surface area contributed by atoms with Gasteiger partial charge in [-0.25, -0.2) is 4.39 Å². The fourth-order valence-corrected chi connectivity index (χ4v) is 3.46. The zero-order valence-electron chi connectivity index (χ0n) is 15.3. The van der Waals surface area contributed by atoms with Crippen molar-refractivity contribution in [3.63, 3.8) is 0 Å². The lowest BCUT2D eigenvalue weighted by molar-refractivity contribution is -0.121. The second kappa shape index (κ2) is 7.31. The number of fused-ring (bicyclic) bond motifs is 1. The molecule has 0 aliphatic carbocycles. The van der Waals surface area contributed by atoms with E-state index in [-0.39, 0.29) is 17.6 Å². The van der Waals surface area contributed by atoms with Crippen LogP contribution >= 0.6 is 0 Å². The summed E-state index contributed by atoms with van der Waals surface area (Å²) in [5.41, 5.74) is 3.15. The highest BCUT2D eigenvalue weighted by Gasteiger charge is 2.36. The van der Waals surface area contributed by atoms with Crippen LogP contribution in [0.25, 0.3) is 0 Å². The molecule has 1 unspecified atom stereocenters. The van der Waals surface area contributed by atoms with Crippen LogP contribution in [0.15, 0.2) is 65.3 Å². The molecule has 0 saturated heterocycles. The number of furan rings is 1. The van der Waals surface area contributed by atoms with Crippen LogP contribution in [0.3, 0.4) is 0 Å².